The van der Waals surface area contributed by atoms with Gasteiger partial charge in [0.1, 0.15) is 11.5 Å². The van der Waals surface area contributed by atoms with Crippen LogP contribution in [0.5, 0.6) is 11.5 Å². The molecule has 0 spiro atoms. The van der Waals surface area contributed by atoms with E-state index in [1.807, 2.05) is 49.4 Å². The molecule has 82 valence electrons. The predicted octanol–water partition coefficient (Wildman–Crippen LogP) is 3.97. The summed E-state index contributed by atoms with van der Waals surface area (Å²) in [6.45, 7) is 2.03. The molecule has 0 aliphatic carbocycles. The average Bonchev–Trinajstić information content (AvgIpc) is 2.22. The summed E-state index contributed by atoms with van der Waals surface area (Å²) in [5, 5.41) is 0. The van der Waals surface area contributed by atoms with Crippen LogP contribution in [0.25, 0.3) is 0 Å². The summed E-state index contributed by atoms with van der Waals surface area (Å²) < 4.78 is 6.82. The molecule has 2 N–H and O–H groups in total. The standard InChI is InChI=1S/C13H12INO/c1-9-3-2-4-11(7-9)16-13-6-5-10(14)8-12(13)15/h2-8H,15H2,1H3. The van der Waals surface area contributed by atoms with Gasteiger partial charge in [0.2, 0.25) is 0 Å². The van der Waals surface area contributed by atoms with Crippen LogP contribution in [-0.2, 0) is 0 Å². The number of hydrogen-bond acceptors (Lipinski definition) is 2. The second kappa shape index (κ2) is 4.74. The Morgan fingerprint density at radius 1 is 1.12 bits per heavy atom. The molecule has 0 aromatic heterocycles. The molecule has 16 heavy (non-hydrogen) atoms. The van der Waals surface area contributed by atoms with Gasteiger partial charge in [-0.3, -0.25) is 0 Å². The highest BCUT2D eigenvalue weighted by Gasteiger charge is 2.02. The Hall–Kier alpha value is -1.23. The van der Waals surface area contributed by atoms with E-state index in [2.05, 4.69) is 22.6 Å². The molecule has 2 rings (SSSR count). The predicted molar refractivity (Wildman–Crippen MR) is 74.8 cm³/mol. The maximum absolute atomic E-state index is 5.88. The Labute approximate surface area is 109 Å². The smallest absolute Gasteiger partial charge is 0.150 e. The number of rotatable bonds is 2. The zero-order valence-electron chi connectivity index (χ0n) is 8.91. The summed E-state index contributed by atoms with van der Waals surface area (Å²) in [5.74, 6) is 1.51. The molecule has 0 amide bonds. The zero-order chi connectivity index (χ0) is 11.5. The number of aryl methyl sites for hydroxylation is 1. The Kier molecular flexibility index (Phi) is 3.33. The van der Waals surface area contributed by atoms with Gasteiger partial charge in [-0.2, -0.15) is 0 Å². The molecular weight excluding hydrogens is 313 g/mol. The molecule has 2 aromatic carbocycles. The van der Waals surface area contributed by atoms with Gasteiger partial charge < -0.3 is 10.5 Å². The minimum absolute atomic E-state index is 0.661. The molecule has 2 nitrogen and oxygen atoms in total. The Morgan fingerprint density at radius 2 is 1.94 bits per heavy atom. The van der Waals surface area contributed by atoms with E-state index < -0.39 is 0 Å². The molecule has 0 atom stereocenters. The van der Waals surface area contributed by atoms with Crippen molar-refractivity contribution in [1.82, 2.24) is 0 Å². The lowest BCUT2D eigenvalue weighted by molar-refractivity contribution is 0.484. The monoisotopic (exact) mass is 325 g/mol. The number of hydrogen-bond donors (Lipinski definition) is 1. The topological polar surface area (TPSA) is 35.2 Å². The van der Waals surface area contributed by atoms with Gasteiger partial charge in [0.15, 0.2) is 0 Å². The van der Waals surface area contributed by atoms with Crippen molar-refractivity contribution < 1.29 is 4.74 Å². The molecule has 2 aromatic rings. The largest absolute Gasteiger partial charge is 0.455 e. The first-order valence-electron chi connectivity index (χ1n) is 4.95. The highest BCUT2D eigenvalue weighted by Crippen LogP contribution is 2.28. The van der Waals surface area contributed by atoms with E-state index in [9.17, 15) is 0 Å². The van der Waals surface area contributed by atoms with E-state index in [1.54, 1.807) is 0 Å². The minimum atomic E-state index is 0.661. The highest BCUT2D eigenvalue weighted by molar-refractivity contribution is 14.1. The van der Waals surface area contributed by atoms with Crippen LogP contribution in [0.1, 0.15) is 5.56 Å². The van der Waals surface area contributed by atoms with Crippen LogP contribution in [0, 0.1) is 10.5 Å². The molecule has 0 fully saturated rings. The van der Waals surface area contributed by atoms with Gasteiger partial charge in [-0.25, -0.2) is 0 Å². The molecule has 0 saturated carbocycles. The van der Waals surface area contributed by atoms with Crippen LogP contribution < -0.4 is 10.5 Å². The van der Waals surface area contributed by atoms with E-state index in [0.29, 0.717) is 11.4 Å². The van der Waals surface area contributed by atoms with Crippen LogP contribution >= 0.6 is 22.6 Å². The maximum Gasteiger partial charge on any atom is 0.150 e. The molecular formula is C13H12INO. The molecule has 0 unspecified atom stereocenters. The van der Waals surface area contributed by atoms with Gasteiger partial charge in [0, 0.05) is 3.57 Å². The van der Waals surface area contributed by atoms with E-state index in [4.69, 9.17) is 10.5 Å². The lowest BCUT2D eigenvalue weighted by Crippen LogP contribution is -1.92. The van der Waals surface area contributed by atoms with Crippen molar-refractivity contribution in [2.75, 3.05) is 5.73 Å². The van der Waals surface area contributed by atoms with Crippen molar-refractivity contribution in [2.45, 2.75) is 6.92 Å². The number of nitrogen functional groups attached to an aromatic ring is 1. The summed E-state index contributed by atoms with van der Waals surface area (Å²) in [6, 6.07) is 13.7. The van der Waals surface area contributed by atoms with Crippen molar-refractivity contribution in [1.29, 1.82) is 0 Å². The van der Waals surface area contributed by atoms with Crippen LogP contribution in [0.3, 0.4) is 0 Å². The van der Waals surface area contributed by atoms with E-state index in [0.717, 1.165) is 9.32 Å². The SMILES string of the molecule is Cc1cccc(Oc2ccc(I)cc2N)c1. The minimum Gasteiger partial charge on any atom is -0.455 e. The Morgan fingerprint density at radius 3 is 2.62 bits per heavy atom. The summed E-state index contributed by atoms with van der Waals surface area (Å²) in [4.78, 5) is 0. The first-order chi connectivity index (χ1) is 7.65. The van der Waals surface area contributed by atoms with Crippen molar-refractivity contribution in [3.8, 4) is 11.5 Å². The van der Waals surface area contributed by atoms with E-state index in [1.165, 1.54) is 5.56 Å². The quantitative estimate of drug-likeness (QED) is 0.670. The van der Waals surface area contributed by atoms with Crippen LogP contribution in [0.15, 0.2) is 42.5 Å². The van der Waals surface area contributed by atoms with E-state index >= 15 is 0 Å². The van der Waals surface area contributed by atoms with E-state index in [-0.39, 0.29) is 0 Å². The number of benzene rings is 2. The van der Waals surface area contributed by atoms with Crippen molar-refractivity contribution in [2.24, 2.45) is 0 Å². The van der Waals surface area contributed by atoms with Crippen molar-refractivity contribution >= 4 is 28.3 Å². The number of nitrogens with two attached hydrogens (primary N) is 1. The summed E-state index contributed by atoms with van der Waals surface area (Å²) in [7, 11) is 0. The third-order valence-electron chi connectivity index (χ3n) is 2.19. The number of anilines is 1. The summed E-state index contributed by atoms with van der Waals surface area (Å²) in [5.41, 5.74) is 7.71. The number of halogens is 1. The fourth-order valence-electron chi connectivity index (χ4n) is 1.42. The second-order valence-corrected chi connectivity index (χ2v) is 4.85. The summed E-state index contributed by atoms with van der Waals surface area (Å²) >= 11 is 2.22. The Bertz CT molecular complexity index is 511. The zero-order valence-corrected chi connectivity index (χ0v) is 11.1. The lowest BCUT2D eigenvalue weighted by Gasteiger charge is -2.09. The number of ether oxygens (including phenoxy) is 1. The molecule has 0 aliphatic heterocycles. The lowest BCUT2D eigenvalue weighted by atomic mass is 10.2. The van der Waals surface area contributed by atoms with Crippen molar-refractivity contribution in [3.63, 3.8) is 0 Å². The Balaban J connectivity index is 2.27. The molecule has 3 heteroatoms. The first kappa shape index (κ1) is 11.3. The second-order valence-electron chi connectivity index (χ2n) is 3.60. The van der Waals surface area contributed by atoms with Gasteiger partial charge in [0.05, 0.1) is 5.69 Å². The fourth-order valence-corrected chi connectivity index (χ4v) is 1.93. The van der Waals surface area contributed by atoms with Crippen LogP contribution in [0.4, 0.5) is 5.69 Å². The molecule has 0 heterocycles. The van der Waals surface area contributed by atoms with Crippen LogP contribution in [0.2, 0.25) is 0 Å². The van der Waals surface area contributed by atoms with Gasteiger partial charge >= 0.3 is 0 Å². The third kappa shape index (κ3) is 2.66. The van der Waals surface area contributed by atoms with Crippen molar-refractivity contribution in [3.05, 3.63) is 51.6 Å². The van der Waals surface area contributed by atoms with Crippen LogP contribution in [-0.4, -0.2) is 0 Å². The molecule has 0 saturated heterocycles. The summed E-state index contributed by atoms with van der Waals surface area (Å²) in [6.07, 6.45) is 0. The highest BCUT2D eigenvalue weighted by atomic mass is 127. The maximum atomic E-state index is 5.88. The average molecular weight is 325 g/mol. The van der Waals surface area contributed by atoms with Gasteiger partial charge in [-0.05, 0) is 65.4 Å². The van der Waals surface area contributed by atoms with Gasteiger partial charge in [0.25, 0.3) is 0 Å². The van der Waals surface area contributed by atoms with Gasteiger partial charge in [-0.15, -0.1) is 0 Å². The molecule has 0 radical (unpaired) electrons. The first-order valence-corrected chi connectivity index (χ1v) is 6.02. The third-order valence-corrected chi connectivity index (χ3v) is 2.86. The molecule has 0 bridgehead atoms. The molecule has 0 aliphatic rings. The van der Waals surface area contributed by atoms with Gasteiger partial charge in [-0.1, -0.05) is 12.1 Å². The fraction of sp³-hybridized carbons (Fsp3) is 0.0769. The normalized spacial score (nSPS) is 10.1.